The molecule has 2 rings (SSSR count). The van der Waals surface area contributed by atoms with Crippen LogP contribution in [0.25, 0.3) is 0 Å². The number of ketones is 1. The zero-order valence-electron chi connectivity index (χ0n) is 14.6. The average molecular weight is 377 g/mol. The molecule has 0 amide bonds. The highest BCUT2D eigenvalue weighted by Gasteiger charge is 2.19. The maximum atomic E-state index is 12.5. The van der Waals surface area contributed by atoms with Crippen molar-refractivity contribution in [2.24, 2.45) is 4.40 Å². The summed E-state index contributed by atoms with van der Waals surface area (Å²) in [5.41, 5.74) is 0.592. The molecule has 0 radical (unpaired) electrons. The molecule has 0 saturated heterocycles. The maximum Gasteiger partial charge on any atom is 0.285 e. The van der Waals surface area contributed by atoms with E-state index in [1.165, 1.54) is 22.8 Å². The van der Waals surface area contributed by atoms with E-state index >= 15 is 0 Å². The first kappa shape index (κ1) is 19.5. The van der Waals surface area contributed by atoms with Crippen LogP contribution in [0.1, 0.15) is 31.9 Å². The van der Waals surface area contributed by atoms with Gasteiger partial charge in [0.2, 0.25) is 0 Å². The number of nitro groups is 1. The van der Waals surface area contributed by atoms with E-state index in [4.69, 9.17) is 0 Å². The summed E-state index contributed by atoms with van der Waals surface area (Å²) in [6.45, 7) is 5.04. The molecule has 1 aromatic carbocycles. The van der Waals surface area contributed by atoms with Gasteiger partial charge in [-0.15, -0.1) is 4.40 Å². The number of aryl methyl sites for hydroxylation is 1. The van der Waals surface area contributed by atoms with Crippen LogP contribution in [-0.4, -0.2) is 23.7 Å². The van der Waals surface area contributed by atoms with Gasteiger partial charge in [0.05, 0.1) is 22.1 Å². The Morgan fingerprint density at radius 2 is 1.85 bits per heavy atom. The standard InChI is InChI=1S/C17H19N3O5S/c1-4-16(21)13(3)19-11-14(20(22)23)7-10-17(19)18-26(24,25)15-8-5-12(2)6-9-15/h5-11,13H,4H2,1-3H3/b18-17+. The summed E-state index contributed by atoms with van der Waals surface area (Å²) < 4.78 is 30.1. The summed E-state index contributed by atoms with van der Waals surface area (Å²) in [6.07, 6.45) is 1.34. The SMILES string of the molecule is CCC(=O)C(C)n1cc([N+](=O)[O-])cc/c1=N\S(=O)(=O)c1ccc(C)cc1. The van der Waals surface area contributed by atoms with Gasteiger partial charge in [0.15, 0.2) is 5.78 Å². The van der Waals surface area contributed by atoms with Crippen LogP contribution in [0, 0.1) is 17.0 Å². The van der Waals surface area contributed by atoms with Crippen molar-refractivity contribution in [3.8, 4) is 0 Å². The van der Waals surface area contributed by atoms with Gasteiger partial charge in [-0.2, -0.15) is 8.42 Å². The Morgan fingerprint density at radius 1 is 1.23 bits per heavy atom. The van der Waals surface area contributed by atoms with Gasteiger partial charge in [0.25, 0.3) is 15.7 Å². The molecule has 2 aromatic rings. The number of sulfonamides is 1. The van der Waals surface area contributed by atoms with Crippen molar-refractivity contribution in [3.63, 3.8) is 0 Å². The van der Waals surface area contributed by atoms with Gasteiger partial charge >= 0.3 is 0 Å². The van der Waals surface area contributed by atoms with Crippen LogP contribution in [0.2, 0.25) is 0 Å². The molecule has 26 heavy (non-hydrogen) atoms. The lowest BCUT2D eigenvalue weighted by Crippen LogP contribution is -2.29. The number of aromatic nitrogens is 1. The molecule has 0 aliphatic rings. The molecule has 1 heterocycles. The summed E-state index contributed by atoms with van der Waals surface area (Å²) in [6, 6.07) is 7.76. The Morgan fingerprint density at radius 3 is 2.38 bits per heavy atom. The lowest BCUT2D eigenvalue weighted by atomic mass is 10.1. The highest BCUT2D eigenvalue weighted by Crippen LogP contribution is 2.15. The number of carbonyl (C=O) groups is 1. The molecule has 9 heteroatoms. The Bertz CT molecular complexity index is 1010. The van der Waals surface area contributed by atoms with Crippen molar-refractivity contribution in [3.05, 3.63) is 63.8 Å². The van der Waals surface area contributed by atoms with Crippen LogP contribution in [0.5, 0.6) is 0 Å². The van der Waals surface area contributed by atoms with E-state index < -0.39 is 21.0 Å². The fourth-order valence-corrected chi connectivity index (χ4v) is 3.32. The molecule has 0 aliphatic carbocycles. The molecule has 1 aromatic heterocycles. The number of Topliss-reactive ketones (excluding diaryl/α,β-unsaturated/α-hetero) is 1. The van der Waals surface area contributed by atoms with Crippen molar-refractivity contribution in [1.82, 2.24) is 4.57 Å². The van der Waals surface area contributed by atoms with Crippen molar-refractivity contribution >= 4 is 21.5 Å². The third-order valence-corrected chi connectivity index (χ3v) is 5.21. The first-order valence-corrected chi connectivity index (χ1v) is 9.36. The first-order valence-electron chi connectivity index (χ1n) is 7.92. The molecule has 0 aliphatic heterocycles. The van der Waals surface area contributed by atoms with Gasteiger partial charge in [0.1, 0.15) is 5.49 Å². The van der Waals surface area contributed by atoms with E-state index in [2.05, 4.69) is 4.40 Å². The van der Waals surface area contributed by atoms with Gasteiger partial charge in [-0.05, 0) is 32.0 Å². The van der Waals surface area contributed by atoms with Crippen LogP contribution in [0.4, 0.5) is 5.69 Å². The molecule has 0 fully saturated rings. The van der Waals surface area contributed by atoms with Crippen LogP contribution < -0.4 is 5.49 Å². The fraction of sp³-hybridized carbons (Fsp3) is 0.294. The number of benzene rings is 1. The van der Waals surface area contributed by atoms with Gasteiger partial charge in [0, 0.05) is 12.5 Å². The number of nitrogens with zero attached hydrogens (tertiary/aromatic N) is 3. The lowest BCUT2D eigenvalue weighted by molar-refractivity contribution is -0.385. The topological polar surface area (TPSA) is 112 Å². The van der Waals surface area contributed by atoms with Crippen molar-refractivity contribution in [2.75, 3.05) is 0 Å². The predicted octanol–water partition coefficient (Wildman–Crippen LogP) is 2.53. The van der Waals surface area contributed by atoms with Gasteiger partial charge < -0.3 is 4.57 Å². The van der Waals surface area contributed by atoms with E-state index in [0.29, 0.717) is 0 Å². The molecule has 138 valence electrons. The second-order valence-corrected chi connectivity index (χ2v) is 7.39. The average Bonchev–Trinajstić information content (AvgIpc) is 2.60. The zero-order chi connectivity index (χ0) is 19.5. The molecule has 0 spiro atoms. The quantitative estimate of drug-likeness (QED) is 0.567. The highest BCUT2D eigenvalue weighted by atomic mass is 32.2. The summed E-state index contributed by atoms with van der Waals surface area (Å²) >= 11 is 0. The third-order valence-electron chi connectivity index (χ3n) is 3.91. The van der Waals surface area contributed by atoms with Crippen molar-refractivity contribution in [1.29, 1.82) is 0 Å². The van der Waals surface area contributed by atoms with E-state index in [1.807, 2.05) is 6.92 Å². The number of carbonyl (C=O) groups excluding carboxylic acids is 1. The first-order chi connectivity index (χ1) is 12.2. The molecular formula is C17H19N3O5S. The van der Waals surface area contributed by atoms with Gasteiger partial charge in [-0.1, -0.05) is 24.6 Å². The normalized spacial score (nSPS) is 13.4. The predicted molar refractivity (Wildman–Crippen MR) is 95.0 cm³/mol. The fourth-order valence-electron chi connectivity index (χ4n) is 2.33. The molecule has 1 atom stereocenters. The summed E-state index contributed by atoms with van der Waals surface area (Å²) in [5.74, 6) is -0.195. The lowest BCUT2D eigenvalue weighted by Gasteiger charge is -2.14. The molecule has 0 saturated carbocycles. The summed E-state index contributed by atoms with van der Waals surface area (Å²) in [4.78, 5) is 22.4. The minimum absolute atomic E-state index is 0.00229. The largest absolute Gasteiger partial charge is 0.316 e. The van der Waals surface area contributed by atoms with Crippen molar-refractivity contribution < 1.29 is 18.1 Å². The number of rotatable bonds is 6. The smallest absolute Gasteiger partial charge is 0.285 e. The van der Waals surface area contributed by atoms with E-state index in [-0.39, 0.29) is 28.3 Å². The van der Waals surface area contributed by atoms with Crippen molar-refractivity contribution in [2.45, 2.75) is 38.1 Å². The molecule has 0 bridgehead atoms. The Hall–Kier alpha value is -2.81. The number of hydrogen-bond donors (Lipinski definition) is 0. The maximum absolute atomic E-state index is 12.5. The minimum Gasteiger partial charge on any atom is -0.316 e. The monoisotopic (exact) mass is 377 g/mol. The Labute approximate surface area is 151 Å². The molecule has 8 nitrogen and oxygen atoms in total. The molecule has 1 unspecified atom stereocenters. The van der Waals surface area contributed by atoms with Crippen LogP contribution in [0.15, 0.2) is 51.9 Å². The minimum atomic E-state index is -4.03. The van der Waals surface area contributed by atoms with Crippen LogP contribution in [-0.2, 0) is 14.8 Å². The molecule has 0 N–H and O–H groups in total. The van der Waals surface area contributed by atoms with Crippen LogP contribution in [0.3, 0.4) is 0 Å². The van der Waals surface area contributed by atoms with E-state index in [0.717, 1.165) is 17.8 Å². The van der Waals surface area contributed by atoms with Crippen LogP contribution >= 0.6 is 0 Å². The summed E-state index contributed by atoms with van der Waals surface area (Å²) in [7, 11) is -4.03. The third kappa shape index (κ3) is 4.23. The van der Waals surface area contributed by atoms with E-state index in [9.17, 15) is 23.3 Å². The van der Waals surface area contributed by atoms with E-state index in [1.54, 1.807) is 26.0 Å². The number of pyridine rings is 1. The highest BCUT2D eigenvalue weighted by molar-refractivity contribution is 7.90. The second-order valence-electron chi connectivity index (χ2n) is 5.79. The zero-order valence-corrected chi connectivity index (χ0v) is 15.4. The molecular weight excluding hydrogens is 358 g/mol. The Kier molecular flexibility index (Phi) is 5.71. The second kappa shape index (κ2) is 7.61. The van der Waals surface area contributed by atoms with Gasteiger partial charge in [-0.3, -0.25) is 14.9 Å². The number of hydrogen-bond acceptors (Lipinski definition) is 5. The summed E-state index contributed by atoms with van der Waals surface area (Å²) in [5, 5.41) is 11.0. The Balaban J connectivity index is 2.67. The van der Waals surface area contributed by atoms with Gasteiger partial charge in [-0.25, -0.2) is 0 Å².